The molecule has 148 valence electrons. The third-order valence-electron chi connectivity index (χ3n) is 5.34. The van der Waals surface area contributed by atoms with Crippen LogP contribution in [-0.4, -0.2) is 41.7 Å². The fraction of sp³-hybridized carbons (Fsp3) is 0.476. The summed E-state index contributed by atoms with van der Waals surface area (Å²) >= 11 is 0. The highest BCUT2D eigenvalue weighted by Crippen LogP contribution is 2.28. The summed E-state index contributed by atoms with van der Waals surface area (Å²) in [6.07, 6.45) is 6.99. The van der Waals surface area contributed by atoms with Gasteiger partial charge < -0.3 is 19.5 Å². The topological polar surface area (TPSA) is 82.6 Å². The van der Waals surface area contributed by atoms with Crippen molar-refractivity contribution in [1.29, 1.82) is 0 Å². The zero-order valence-electron chi connectivity index (χ0n) is 16.0. The van der Waals surface area contributed by atoms with Crippen molar-refractivity contribution in [2.45, 2.75) is 50.4 Å². The second-order valence-electron chi connectivity index (χ2n) is 7.20. The van der Waals surface area contributed by atoms with Crippen molar-refractivity contribution < 1.29 is 19.0 Å². The maximum Gasteiger partial charge on any atom is 0.253 e. The number of ether oxygens (including phenoxy) is 3. The van der Waals surface area contributed by atoms with Gasteiger partial charge in [-0.25, -0.2) is 0 Å². The van der Waals surface area contributed by atoms with Crippen molar-refractivity contribution >= 4 is 5.91 Å². The Morgan fingerprint density at radius 2 is 1.93 bits per heavy atom. The van der Waals surface area contributed by atoms with E-state index in [4.69, 9.17) is 14.2 Å². The summed E-state index contributed by atoms with van der Waals surface area (Å²) in [6, 6.07) is 8.16. The first-order chi connectivity index (χ1) is 13.7. The quantitative estimate of drug-likeness (QED) is 0.855. The predicted octanol–water partition coefficient (Wildman–Crippen LogP) is 2.61. The highest BCUT2D eigenvalue weighted by Gasteiger charge is 2.30. The Balaban J connectivity index is 1.29. The van der Waals surface area contributed by atoms with Crippen LogP contribution in [0.4, 0.5) is 0 Å². The van der Waals surface area contributed by atoms with E-state index < -0.39 is 6.10 Å². The molecule has 7 heteroatoms. The van der Waals surface area contributed by atoms with Crippen molar-refractivity contribution in [2.75, 3.05) is 13.7 Å². The molecule has 1 unspecified atom stereocenters. The molecule has 1 amide bonds. The van der Waals surface area contributed by atoms with E-state index in [2.05, 4.69) is 21.4 Å². The van der Waals surface area contributed by atoms with Gasteiger partial charge >= 0.3 is 0 Å². The standard InChI is InChI=1S/C21H25N3O4/c1-26-18-12-22-13-19(24-18)28-16-8-6-15(7-9-16)23-21(25)20-17-5-3-2-4-14(17)10-11-27-20/h2-5,12-13,15-16,20H,6-11H2,1H3,(H,23,25). The van der Waals surface area contributed by atoms with Crippen LogP contribution in [0.5, 0.6) is 11.8 Å². The second kappa shape index (κ2) is 8.56. The van der Waals surface area contributed by atoms with E-state index in [1.165, 1.54) is 5.56 Å². The first-order valence-electron chi connectivity index (χ1n) is 9.75. The van der Waals surface area contributed by atoms with Crippen LogP contribution in [0, 0.1) is 0 Å². The Morgan fingerprint density at radius 3 is 2.75 bits per heavy atom. The van der Waals surface area contributed by atoms with Gasteiger partial charge in [-0.2, -0.15) is 4.98 Å². The van der Waals surface area contributed by atoms with Crippen LogP contribution in [0.25, 0.3) is 0 Å². The molecule has 2 aliphatic rings. The first-order valence-corrected chi connectivity index (χ1v) is 9.75. The molecular formula is C21H25N3O4. The van der Waals surface area contributed by atoms with Gasteiger partial charge in [-0.3, -0.25) is 9.78 Å². The zero-order chi connectivity index (χ0) is 19.3. The summed E-state index contributed by atoms with van der Waals surface area (Å²) in [5.41, 5.74) is 2.19. The zero-order valence-corrected chi connectivity index (χ0v) is 16.0. The van der Waals surface area contributed by atoms with Crippen LogP contribution in [0.2, 0.25) is 0 Å². The number of fused-ring (bicyclic) bond motifs is 1. The van der Waals surface area contributed by atoms with Gasteiger partial charge in [-0.15, -0.1) is 0 Å². The molecule has 1 aliphatic carbocycles. The molecule has 1 N–H and O–H groups in total. The van der Waals surface area contributed by atoms with E-state index in [9.17, 15) is 4.79 Å². The van der Waals surface area contributed by atoms with E-state index in [0.29, 0.717) is 18.4 Å². The van der Waals surface area contributed by atoms with Gasteiger partial charge in [0.25, 0.3) is 5.91 Å². The molecule has 0 saturated heterocycles. The van der Waals surface area contributed by atoms with Crippen molar-refractivity contribution in [3.8, 4) is 11.8 Å². The normalized spacial score (nSPS) is 24.1. The lowest BCUT2D eigenvalue weighted by Crippen LogP contribution is -2.43. The van der Waals surface area contributed by atoms with Crippen LogP contribution in [-0.2, 0) is 16.0 Å². The minimum absolute atomic E-state index is 0.0461. The van der Waals surface area contributed by atoms with Crippen LogP contribution in [0.15, 0.2) is 36.7 Å². The Hall–Kier alpha value is -2.67. The molecule has 1 atom stereocenters. The lowest BCUT2D eigenvalue weighted by Gasteiger charge is -2.31. The number of methoxy groups -OCH3 is 1. The number of nitrogens with one attached hydrogen (secondary N) is 1. The molecule has 1 aromatic heterocycles. The van der Waals surface area contributed by atoms with Crippen molar-refractivity contribution in [1.82, 2.24) is 15.3 Å². The van der Waals surface area contributed by atoms with Gasteiger partial charge in [-0.1, -0.05) is 24.3 Å². The van der Waals surface area contributed by atoms with Gasteiger partial charge in [0.1, 0.15) is 6.10 Å². The van der Waals surface area contributed by atoms with E-state index >= 15 is 0 Å². The minimum Gasteiger partial charge on any atom is -0.480 e. The Bertz CT molecular complexity index is 821. The van der Waals surface area contributed by atoms with Crippen LogP contribution in [0.3, 0.4) is 0 Å². The summed E-state index contributed by atoms with van der Waals surface area (Å²) in [5.74, 6) is 0.862. The first kappa shape index (κ1) is 18.7. The summed E-state index contributed by atoms with van der Waals surface area (Å²) in [5, 5.41) is 3.16. The van der Waals surface area contributed by atoms with Gasteiger partial charge in [0, 0.05) is 6.04 Å². The molecule has 1 fully saturated rings. The minimum atomic E-state index is -0.508. The second-order valence-corrected chi connectivity index (χ2v) is 7.20. The molecule has 0 spiro atoms. The summed E-state index contributed by atoms with van der Waals surface area (Å²) < 4.78 is 16.8. The number of carbonyl (C=O) groups excluding carboxylic acids is 1. The SMILES string of the molecule is COc1cncc(OC2CCC(NC(=O)C3OCCc4ccccc43)CC2)n1. The van der Waals surface area contributed by atoms with Crippen molar-refractivity contribution in [3.63, 3.8) is 0 Å². The maximum atomic E-state index is 12.8. The summed E-state index contributed by atoms with van der Waals surface area (Å²) in [6.45, 7) is 0.581. The predicted molar refractivity (Wildman–Crippen MR) is 102 cm³/mol. The highest BCUT2D eigenvalue weighted by molar-refractivity contribution is 5.83. The molecule has 0 bridgehead atoms. The van der Waals surface area contributed by atoms with Crippen LogP contribution in [0.1, 0.15) is 42.9 Å². The fourth-order valence-corrected chi connectivity index (χ4v) is 3.87. The average molecular weight is 383 g/mol. The number of rotatable bonds is 5. The lowest BCUT2D eigenvalue weighted by molar-refractivity contribution is -0.135. The molecule has 2 heterocycles. The van der Waals surface area contributed by atoms with Crippen LogP contribution >= 0.6 is 0 Å². The number of amides is 1. The third kappa shape index (κ3) is 4.25. The number of aromatic nitrogens is 2. The summed E-state index contributed by atoms with van der Waals surface area (Å²) in [4.78, 5) is 21.1. The van der Waals surface area contributed by atoms with Gasteiger partial charge in [-0.05, 0) is 43.2 Å². The number of nitrogens with zero attached hydrogens (tertiary/aromatic N) is 2. The molecule has 1 saturated carbocycles. The molecule has 4 rings (SSSR count). The molecule has 0 radical (unpaired) electrons. The average Bonchev–Trinajstić information content (AvgIpc) is 2.75. The van der Waals surface area contributed by atoms with E-state index in [0.717, 1.165) is 37.7 Å². The van der Waals surface area contributed by atoms with Gasteiger partial charge in [0.15, 0.2) is 6.10 Å². The maximum absolute atomic E-state index is 12.8. The van der Waals surface area contributed by atoms with Crippen molar-refractivity contribution in [3.05, 3.63) is 47.8 Å². The number of hydrogen-bond donors (Lipinski definition) is 1. The number of carbonyl (C=O) groups is 1. The monoisotopic (exact) mass is 383 g/mol. The molecule has 1 aromatic carbocycles. The number of hydrogen-bond acceptors (Lipinski definition) is 6. The molecule has 28 heavy (non-hydrogen) atoms. The molecule has 2 aromatic rings. The molecule has 1 aliphatic heterocycles. The molecular weight excluding hydrogens is 358 g/mol. The van der Waals surface area contributed by atoms with Gasteiger partial charge in [0.05, 0.1) is 26.1 Å². The Kier molecular flexibility index (Phi) is 5.71. The lowest BCUT2D eigenvalue weighted by atomic mass is 9.92. The van der Waals surface area contributed by atoms with E-state index in [-0.39, 0.29) is 18.1 Å². The summed E-state index contributed by atoms with van der Waals surface area (Å²) in [7, 11) is 1.55. The van der Waals surface area contributed by atoms with Crippen LogP contribution < -0.4 is 14.8 Å². The number of benzene rings is 1. The largest absolute Gasteiger partial charge is 0.480 e. The Labute approximate surface area is 164 Å². The molecule has 7 nitrogen and oxygen atoms in total. The smallest absolute Gasteiger partial charge is 0.253 e. The van der Waals surface area contributed by atoms with E-state index in [1.54, 1.807) is 19.5 Å². The fourth-order valence-electron chi connectivity index (χ4n) is 3.87. The van der Waals surface area contributed by atoms with Crippen molar-refractivity contribution in [2.24, 2.45) is 0 Å². The van der Waals surface area contributed by atoms with E-state index in [1.807, 2.05) is 18.2 Å². The van der Waals surface area contributed by atoms with Gasteiger partial charge in [0.2, 0.25) is 11.8 Å². The Morgan fingerprint density at radius 1 is 1.14 bits per heavy atom. The third-order valence-corrected chi connectivity index (χ3v) is 5.34. The highest BCUT2D eigenvalue weighted by atomic mass is 16.5.